The fourth-order valence-electron chi connectivity index (χ4n) is 4.40. The number of methoxy groups -OCH3 is 2. The summed E-state index contributed by atoms with van der Waals surface area (Å²) >= 11 is 0. The van der Waals surface area contributed by atoms with Crippen LogP contribution in [-0.2, 0) is 16.1 Å². The Kier molecular flexibility index (Phi) is 7.97. The van der Waals surface area contributed by atoms with Crippen LogP contribution in [0.4, 0.5) is 5.69 Å². The van der Waals surface area contributed by atoms with E-state index >= 15 is 0 Å². The number of rotatable bonds is 11. The van der Waals surface area contributed by atoms with E-state index in [0.29, 0.717) is 19.7 Å². The van der Waals surface area contributed by atoms with Crippen LogP contribution in [0.2, 0.25) is 0 Å². The van der Waals surface area contributed by atoms with Crippen molar-refractivity contribution >= 4 is 22.5 Å². The quantitative estimate of drug-likeness (QED) is 0.185. The van der Waals surface area contributed by atoms with Crippen molar-refractivity contribution < 1.29 is 19.2 Å². The highest BCUT2D eigenvalue weighted by Crippen LogP contribution is 2.36. The van der Waals surface area contributed by atoms with Crippen LogP contribution in [0.1, 0.15) is 29.0 Å². The molecule has 0 saturated carbocycles. The number of amides is 1. The van der Waals surface area contributed by atoms with Crippen LogP contribution < -0.4 is 10.1 Å². The molecule has 1 heterocycles. The molecule has 3 aromatic carbocycles. The number of aromatic nitrogens is 1. The van der Waals surface area contributed by atoms with Crippen molar-refractivity contribution in [1.82, 2.24) is 9.88 Å². The Bertz CT molecular complexity index is 1330. The van der Waals surface area contributed by atoms with Gasteiger partial charge in [-0.25, -0.2) is 0 Å². The third-order valence-electron chi connectivity index (χ3n) is 6.23. The van der Waals surface area contributed by atoms with E-state index in [4.69, 9.17) is 9.47 Å². The Morgan fingerprint density at radius 1 is 1.03 bits per heavy atom. The number of fused-ring (bicyclic) bond motifs is 1. The number of non-ortho nitro benzene ring substituents is 1. The molecule has 0 unspecified atom stereocenters. The summed E-state index contributed by atoms with van der Waals surface area (Å²) in [5.74, 6) is 0.410. The van der Waals surface area contributed by atoms with Gasteiger partial charge in [-0.2, -0.15) is 0 Å². The van der Waals surface area contributed by atoms with Crippen LogP contribution in [0.5, 0.6) is 5.75 Å². The van der Waals surface area contributed by atoms with Crippen molar-refractivity contribution in [3.63, 3.8) is 0 Å². The number of hydrogen-bond acceptors (Lipinski definition) is 5. The van der Waals surface area contributed by atoms with E-state index in [-0.39, 0.29) is 23.9 Å². The molecular formula is C28H29N3O5. The van der Waals surface area contributed by atoms with Crippen molar-refractivity contribution in [2.45, 2.75) is 18.9 Å². The molecule has 4 aromatic rings. The van der Waals surface area contributed by atoms with Crippen molar-refractivity contribution in [3.05, 3.63) is 106 Å². The van der Waals surface area contributed by atoms with Gasteiger partial charge < -0.3 is 19.4 Å². The molecule has 186 valence electrons. The van der Waals surface area contributed by atoms with Crippen LogP contribution in [0.25, 0.3) is 10.9 Å². The zero-order valence-electron chi connectivity index (χ0n) is 20.3. The molecule has 0 radical (unpaired) electrons. The molecule has 1 atom stereocenters. The van der Waals surface area contributed by atoms with Gasteiger partial charge in [0.05, 0.1) is 18.6 Å². The van der Waals surface area contributed by atoms with Crippen LogP contribution >= 0.6 is 0 Å². The monoisotopic (exact) mass is 487 g/mol. The molecule has 0 bridgehead atoms. The van der Waals surface area contributed by atoms with Crippen LogP contribution in [-0.4, -0.2) is 42.8 Å². The first-order chi connectivity index (χ1) is 17.5. The van der Waals surface area contributed by atoms with Gasteiger partial charge in [0.25, 0.3) is 5.69 Å². The Morgan fingerprint density at radius 2 is 1.75 bits per heavy atom. The Labute approximate surface area is 209 Å². The molecule has 0 aliphatic heterocycles. The molecule has 0 saturated heterocycles. The zero-order chi connectivity index (χ0) is 25.5. The lowest BCUT2D eigenvalue weighted by Gasteiger charge is -2.17. The summed E-state index contributed by atoms with van der Waals surface area (Å²) in [7, 11) is 3.23. The predicted octanol–water partition coefficient (Wildman–Crippen LogP) is 4.89. The molecule has 8 heteroatoms. The second kappa shape index (κ2) is 11.5. The molecule has 0 aliphatic rings. The maximum Gasteiger partial charge on any atom is 0.269 e. The normalized spacial score (nSPS) is 11.8. The summed E-state index contributed by atoms with van der Waals surface area (Å²) in [4.78, 5) is 23.6. The number of benzene rings is 3. The summed E-state index contributed by atoms with van der Waals surface area (Å²) in [6.45, 7) is 1.49. The van der Waals surface area contributed by atoms with Gasteiger partial charge in [0.2, 0.25) is 5.91 Å². The van der Waals surface area contributed by atoms with Gasteiger partial charge in [-0.3, -0.25) is 14.9 Å². The van der Waals surface area contributed by atoms with Gasteiger partial charge in [0.1, 0.15) is 5.75 Å². The third-order valence-corrected chi connectivity index (χ3v) is 6.23. The van der Waals surface area contributed by atoms with E-state index in [2.05, 4.69) is 28.2 Å². The summed E-state index contributed by atoms with van der Waals surface area (Å²) in [6.07, 6.45) is 2.29. The highest BCUT2D eigenvalue weighted by Gasteiger charge is 2.23. The fourth-order valence-corrected chi connectivity index (χ4v) is 4.40. The van der Waals surface area contributed by atoms with Crippen molar-refractivity contribution in [3.8, 4) is 5.75 Å². The Morgan fingerprint density at radius 3 is 2.42 bits per heavy atom. The third kappa shape index (κ3) is 5.72. The van der Waals surface area contributed by atoms with Gasteiger partial charge in [-0.15, -0.1) is 0 Å². The van der Waals surface area contributed by atoms with Gasteiger partial charge in [-0.1, -0.05) is 42.5 Å². The van der Waals surface area contributed by atoms with Gasteiger partial charge in [0, 0.05) is 61.8 Å². The van der Waals surface area contributed by atoms with Crippen molar-refractivity contribution in [2.24, 2.45) is 0 Å². The maximum atomic E-state index is 12.9. The lowest BCUT2D eigenvalue weighted by atomic mass is 9.88. The van der Waals surface area contributed by atoms with Crippen LogP contribution in [0, 0.1) is 10.1 Å². The minimum absolute atomic E-state index is 0.0176. The molecular weight excluding hydrogens is 458 g/mol. The SMILES string of the molecule is COCCNC(=O)C[C@H](c1ccc([N+](=O)[O-])cc1)c1cn(Cc2ccc(OC)cc2)c2ccccc12. The second-order valence-electron chi connectivity index (χ2n) is 8.53. The molecule has 1 aromatic heterocycles. The highest BCUT2D eigenvalue weighted by molar-refractivity contribution is 5.86. The number of nitro groups is 1. The lowest BCUT2D eigenvalue weighted by molar-refractivity contribution is -0.384. The Balaban J connectivity index is 1.73. The molecule has 36 heavy (non-hydrogen) atoms. The zero-order valence-corrected chi connectivity index (χ0v) is 20.3. The smallest absolute Gasteiger partial charge is 0.269 e. The number of hydrogen-bond donors (Lipinski definition) is 1. The Hall–Kier alpha value is -4.17. The van der Waals surface area contributed by atoms with E-state index in [1.807, 2.05) is 36.4 Å². The maximum absolute atomic E-state index is 12.9. The number of carbonyl (C=O) groups is 1. The van der Waals surface area contributed by atoms with Crippen LogP contribution in [0.15, 0.2) is 79.0 Å². The van der Waals surface area contributed by atoms with Crippen molar-refractivity contribution in [1.29, 1.82) is 0 Å². The average Bonchev–Trinajstić information content (AvgIpc) is 3.26. The summed E-state index contributed by atoms with van der Waals surface area (Å²) < 4.78 is 12.5. The van der Waals surface area contributed by atoms with Gasteiger partial charge >= 0.3 is 0 Å². The molecule has 0 fully saturated rings. The topological polar surface area (TPSA) is 95.6 Å². The number of nitrogens with one attached hydrogen (secondary N) is 1. The molecule has 0 spiro atoms. The van der Waals surface area contributed by atoms with E-state index in [1.54, 1.807) is 26.4 Å². The molecule has 4 rings (SSSR count). The minimum atomic E-state index is -0.420. The number of nitrogens with zero attached hydrogens (tertiary/aromatic N) is 2. The van der Waals surface area contributed by atoms with Crippen LogP contribution in [0.3, 0.4) is 0 Å². The molecule has 0 aliphatic carbocycles. The fraction of sp³-hybridized carbons (Fsp3) is 0.250. The molecule has 8 nitrogen and oxygen atoms in total. The van der Waals surface area contributed by atoms with E-state index in [9.17, 15) is 14.9 Å². The van der Waals surface area contributed by atoms with E-state index < -0.39 is 4.92 Å². The minimum Gasteiger partial charge on any atom is -0.497 e. The van der Waals surface area contributed by atoms with Crippen molar-refractivity contribution in [2.75, 3.05) is 27.4 Å². The summed E-state index contributed by atoms with van der Waals surface area (Å²) in [6, 6.07) is 22.5. The summed E-state index contributed by atoms with van der Waals surface area (Å²) in [5, 5.41) is 15.1. The number of para-hydroxylation sites is 1. The van der Waals surface area contributed by atoms with E-state index in [1.165, 1.54) is 12.1 Å². The second-order valence-corrected chi connectivity index (χ2v) is 8.53. The highest BCUT2D eigenvalue weighted by atomic mass is 16.6. The number of carbonyl (C=O) groups excluding carboxylic acids is 1. The molecule has 1 amide bonds. The predicted molar refractivity (Wildman–Crippen MR) is 138 cm³/mol. The number of nitro benzene ring substituents is 1. The summed E-state index contributed by atoms with van der Waals surface area (Å²) in [5.41, 5.74) is 4.02. The first-order valence-corrected chi connectivity index (χ1v) is 11.7. The van der Waals surface area contributed by atoms with Gasteiger partial charge in [0.15, 0.2) is 0 Å². The van der Waals surface area contributed by atoms with Gasteiger partial charge in [-0.05, 0) is 34.9 Å². The first kappa shape index (κ1) is 24.9. The number of ether oxygens (including phenoxy) is 2. The standard InChI is InChI=1S/C28H29N3O5/c1-35-16-15-29-28(32)17-25(21-9-11-22(12-10-21)31(33)34)26-19-30(27-6-4-3-5-24(26)27)18-20-7-13-23(36-2)14-8-20/h3-14,19,25H,15-18H2,1-2H3,(H,29,32)/t25-/m1/s1. The largest absolute Gasteiger partial charge is 0.497 e. The first-order valence-electron chi connectivity index (χ1n) is 11.7. The lowest BCUT2D eigenvalue weighted by Crippen LogP contribution is -2.28. The average molecular weight is 488 g/mol. The van der Waals surface area contributed by atoms with E-state index in [0.717, 1.165) is 33.3 Å². The molecule has 1 N–H and O–H groups in total.